The van der Waals surface area contributed by atoms with Gasteiger partial charge in [-0.2, -0.15) is 0 Å². The smallest absolute Gasteiger partial charge is 0.135 e. The highest BCUT2D eigenvalue weighted by molar-refractivity contribution is 6.25. The van der Waals surface area contributed by atoms with Gasteiger partial charge in [-0.15, -0.1) is 0 Å². The highest BCUT2D eigenvalue weighted by atomic mass is 16.3. The van der Waals surface area contributed by atoms with Gasteiger partial charge in [-0.3, -0.25) is 0 Å². The van der Waals surface area contributed by atoms with Gasteiger partial charge in [-0.25, -0.2) is 0 Å². The molecule has 2 aliphatic carbocycles. The largest absolute Gasteiger partial charge is 0.456 e. The molecule has 0 radical (unpaired) electrons. The van der Waals surface area contributed by atoms with Crippen molar-refractivity contribution in [2.75, 3.05) is 0 Å². The molecule has 0 aliphatic heterocycles. The van der Waals surface area contributed by atoms with Crippen LogP contribution in [0.15, 0.2) is 199 Å². The van der Waals surface area contributed by atoms with Gasteiger partial charge in [0.25, 0.3) is 0 Å². The van der Waals surface area contributed by atoms with Gasteiger partial charge in [0, 0.05) is 10.8 Å². The summed E-state index contributed by atoms with van der Waals surface area (Å²) < 4.78 is 6.34. The molecular weight excluding hydrogens is 701 g/mol. The second-order valence-electron chi connectivity index (χ2n) is 16.3. The standard InChI is InChI=1S/C57H32O/c1-5-16-48-40(12-1)41-13-2-6-17-49(41)57(48)50-18-7-3-15-44(50)55-45(37-26-29-52-47(32-37)42-14-4-8-19-51(42)58-52)30-38-23-22-36(31-46(38)56(55)57)39-27-24-35-21-20-33-10-9-11-34-25-28-43(39)54(35)53(33)34/h1-32H. The number of rotatable bonds is 2. The van der Waals surface area contributed by atoms with E-state index < -0.39 is 5.41 Å². The van der Waals surface area contributed by atoms with Crippen LogP contribution in [0.1, 0.15) is 22.3 Å². The molecule has 2 aliphatic rings. The van der Waals surface area contributed by atoms with Gasteiger partial charge in [0.2, 0.25) is 0 Å². The van der Waals surface area contributed by atoms with Crippen molar-refractivity contribution in [1.82, 2.24) is 0 Å². The van der Waals surface area contributed by atoms with Crippen LogP contribution in [0.2, 0.25) is 0 Å². The summed E-state index contributed by atoms with van der Waals surface area (Å²) in [5, 5.41) is 12.7. The monoisotopic (exact) mass is 732 g/mol. The Morgan fingerprint density at radius 1 is 0.310 bits per heavy atom. The number of fused-ring (bicyclic) bond motifs is 15. The van der Waals surface area contributed by atoms with E-state index in [1.54, 1.807) is 0 Å². The number of furan rings is 1. The molecule has 0 amide bonds. The molecule has 1 spiro atoms. The molecule has 0 unspecified atom stereocenters. The third-order valence-corrected chi connectivity index (χ3v) is 13.6. The quantitative estimate of drug-likeness (QED) is 0.161. The lowest BCUT2D eigenvalue weighted by molar-refractivity contribution is 0.669. The molecule has 14 rings (SSSR count). The Morgan fingerprint density at radius 3 is 1.67 bits per heavy atom. The van der Waals surface area contributed by atoms with Crippen LogP contribution in [0.4, 0.5) is 0 Å². The van der Waals surface area contributed by atoms with E-state index in [2.05, 4.69) is 188 Å². The number of hydrogen-bond acceptors (Lipinski definition) is 1. The fourth-order valence-corrected chi connectivity index (χ4v) is 11.3. The predicted molar refractivity (Wildman–Crippen MR) is 242 cm³/mol. The molecule has 1 heteroatoms. The predicted octanol–water partition coefficient (Wildman–Crippen LogP) is 15.3. The maximum Gasteiger partial charge on any atom is 0.135 e. The number of hydrogen-bond donors (Lipinski definition) is 0. The van der Waals surface area contributed by atoms with E-state index in [1.165, 1.54) is 110 Å². The van der Waals surface area contributed by atoms with Gasteiger partial charge in [0.1, 0.15) is 11.2 Å². The van der Waals surface area contributed by atoms with E-state index in [0.29, 0.717) is 0 Å². The van der Waals surface area contributed by atoms with Gasteiger partial charge in [0.05, 0.1) is 5.41 Å². The number of benzene rings is 11. The fraction of sp³-hybridized carbons (Fsp3) is 0.0175. The Kier molecular flexibility index (Phi) is 5.76. The molecule has 266 valence electrons. The SMILES string of the molecule is c1ccc2c(c1)-c1ccccc1C21c2ccccc2-c2c(-c3ccc4oc5ccccc5c4c3)cc3ccc(-c4ccc5ccc6cccc7ccc4c5c67)cc3c21. The Morgan fingerprint density at radius 2 is 0.879 bits per heavy atom. The van der Waals surface area contributed by atoms with Crippen molar-refractivity contribution < 1.29 is 4.42 Å². The minimum atomic E-state index is -0.499. The Hall–Kier alpha value is -7.48. The molecule has 1 heterocycles. The van der Waals surface area contributed by atoms with E-state index in [1.807, 2.05) is 6.07 Å². The van der Waals surface area contributed by atoms with Crippen LogP contribution in [0.3, 0.4) is 0 Å². The summed E-state index contributed by atoms with van der Waals surface area (Å²) in [7, 11) is 0. The third kappa shape index (κ3) is 3.72. The molecule has 1 aromatic heterocycles. The molecule has 0 saturated carbocycles. The van der Waals surface area contributed by atoms with Crippen LogP contribution < -0.4 is 0 Å². The Balaban J connectivity index is 1.13. The minimum Gasteiger partial charge on any atom is -0.456 e. The third-order valence-electron chi connectivity index (χ3n) is 13.6. The molecule has 0 fully saturated rings. The zero-order chi connectivity index (χ0) is 37.7. The van der Waals surface area contributed by atoms with Crippen LogP contribution in [-0.4, -0.2) is 0 Å². The zero-order valence-electron chi connectivity index (χ0n) is 31.4. The van der Waals surface area contributed by atoms with Gasteiger partial charge in [0.15, 0.2) is 0 Å². The van der Waals surface area contributed by atoms with Gasteiger partial charge < -0.3 is 4.42 Å². The maximum atomic E-state index is 6.34. The molecule has 0 bridgehead atoms. The van der Waals surface area contributed by atoms with Crippen molar-refractivity contribution in [2.24, 2.45) is 0 Å². The van der Waals surface area contributed by atoms with Gasteiger partial charge >= 0.3 is 0 Å². The van der Waals surface area contributed by atoms with E-state index >= 15 is 0 Å². The average molecular weight is 733 g/mol. The highest BCUT2D eigenvalue weighted by Gasteiger charge is 2.53. The van der Waals surface area contributed by atoms with Crippen LogP contribution in [-0.2, 0) is 5.41 Å². The Labute approximate surface area is 334 Å². The maximum absolute atomic E-state index is 6.34. The van der Waals surface area contributed by atoms with Crippen LogP contribution in [0, 0.1) is 0 Å². The highest BCUT2D eigenvalue weighted by Crippen LogP contribution is 2.65. The van der Waals surface area contributed by atoms with Crippen molar-refractivity contribution >= 4 is 65.0 Å². The van der Waals surface area contributed by atoms with Gasteiger partial charge in [-0.1, -0.05) is 164 Å². The lowest BCUT2D eigenvalue weighted by atomic mass is 9.69. The first kappa shape index (κ1) is 30.7. The molecule has 0 N–H and O–H groups in total. The topological polar surface area (TPSA) is 13.1 Å². The molecule has 12 aromatic rings. The zero-order valence-corrected chi connectivity index (χ0v) is 31.4. The molecule has 1 nitrogen and oxygen atoms in total. The lowest BCUT2D eigenvalue weighted by Gasteiger charge is -2.32. The summed E-state index contributed by atoms with van der Waals surface area (Å²) in [6.07, 6.45) is 0. The van der Waals surface area contributed by atoms with Gasteiger partial charge in [-0.05, 0) is 140 Å². The van der Waals surface area contributed by atoms with Crippen LogP contribution in [0.5, 0.6) is 0 Å². The minimum absolute atomic E-state index is 0.499. The lowest BCUT2D eigenvalue weighted by Crippen LogP contribution is -2.26. The van der Waals surface area contributed by atoms with Crippen molar-refractivity contribution in [3.63, 3.8) is 0 Å². The summed E-state index contributed by atoms with van der Waals surface area (Å²) in [6.45, 7) is 0. The van der Waals surface area contributed by atoms with Crippen molar-refractivity contribution in [2.45, 2.75) is 5.41 Å². The average Bonchev–Trinajstić information content (AvgIpc) is 3.92. The molecule has 11 aromatic carbocycles. The molecule has 58 heavy (non-hydrogen) atoms. The summed E-state index contributed by atoms with van der Waals surface area (Å²) in [5.41, 5.74) is 16.9. The van der Waals surface area contributed by atoms with E-state index in [-0.39, 0.29) is 0 Å². The van der Waals surface area contributed by atoms with Crippen molar-refractivity contribution in [3.8, 4) is 44.5 Å². The molecular formula is C57H32O. The van der Waals surface area contributed by atoms with Crippen LogP contribution in [0.25, 0.3) is 110 Å². The van der Waals surface area contributed by atoms with Crippen molar-refractivity contribution in [3.05, 3.63) is 216 Å². The summed E-state index contributed by atoms with van der Waals surface area (Å²) in [6, 6.07) is 72.8. The first-order chi connectivity index (χ1) is 28.8. The normalized spacial score (nSPS) is 13.7. The number of para-hydroxylation sites is 1. The molecule has 0 saturated heterocycles. The van der Waals surface area contributed by atoms with E-state index in [4.69, 9.17) is 4.42 Å². The fourth-order valence-electron chi connectivity index (χ4n) is 11.3. The van der Waals surface area contributed by atoms with E-state index in [9.17, 15) is 0 Å². The summed E-state index contributed by atoms with van der Waals surface area (Å²) in [4.78, 5) is 0. The Bertz CT molecular complexity index is 3690. The summed E-state index contributed by atoms with van der Waals surface area (Å²) in [5.74, 6) is 0. The first-order valence-electron chi connectivity index (χ1n) is 20.2. The van der Waals surface area contributed by atoms with Crippen LogP contribution >= 0.6 is 0 Å². The summed E-state index contributed by atoms with van der Waals surface area (Å²) >= 11 is 0. The second kappa shape index (κ2) is 10.9. The molecule has 0 atom stereocenters. The van der Waals surface area contributed by atoms with E-state index in [0.717, 1.165) is 21.9 Å². The van der Waals surface area contributed by atoms with Crippen molar-refractivity contribution in [1.29, 1.82) is 0 Å². The second-order valence-corrected chi connectivity index (χ2v) is 16.3. The first-order valence-corrected chi connectivity index (χ1v) is 20.2.